The van der Waals surface area contributed by atoms with Crippen LogP contribution in [0.15, 0.2) is 36.4 Å². The standard InChI is InChI=1S/C7H6O3.C4H6O5.C4H4O4/c8-6-4-2-1-3-5(6)7(9)10;5-2(4(8)9)1-3(6)7;5-3(6)1-2-4(7)8/h1-4,8H,(H,9,10);2,5H,1H2,(H,6,7)(H,8,9);1-2H,(H,5,6)(H,7,8). The van der Waals surface area contributed by atoms with E-state index in [-0.39, 0.29) is 11.3 Å². The molecule has 0 aliphatic heterocycles. The predicted octanol–water partition coefficient (Wildman–Crippen LogP) is -0.291. The van der Waals surface area contributed by atoms with Crippen LogP contribution in [0.4, 0.5) is 0 Å². The molecule has 12 heteroatoms. The molecule has 12 nitrogen and oxygen atoms in total. The molecule has 1 atom stereocenters. The lowest BCUT2D eigenvalue weighted by Gasteiger charge is -1.97. The highest BCUT2D eigenvalue weighted by Gasteiger charge is 2.16. The van der Waals surface area contributed by atoms with Gasteiger partial charge in [-0.15, -0.1) is 0 Å². The number of aliphatic hydroxyl groups excluding tert-OH is 1. The summed E-state index contributed by atoms with van der Waals surface area (Å²) in [6.45, 7) is 0. The minimum Gasteiger partial charge on any atom is -0.507 e. The molecule has 0 saturated heterocycles. The molecule has 0 spiro atoms. The molecule has 1 aromatic carbocycles. The van der Waals surface area contributed by atoms with Crippen molar-refractivity contribution in [2.75, 3.05) is 0 Å². The van der Waals surface area contributed by atoms with Crippen molar-refractivity contribution in [1.82, 2.24) is 0 Å². The summed E-state index contributed by atoms with van der Waals surface area (Å²) in [6, 6.07) is 5.81. The second kappa shape index (κ2) is 13.4. The van der Waals surface area contributed by atoms with Crippen LogP contribution in [0.1, 0.15) is 16.8 Å². The second-order valence-corrected chi connectivity index (χ2v) is 4.28. The largest absolute Gasteiger partial charge is 0.507 e. The van der Waals surface area contributed by atoms with Gasteiger partial charge in [0.2, 0.25) is 0 Å². The van der Waals surface area contributed by atoms with E-state index < -0.39 is 42.4 Å². The molecule has 148 valence electrons. The summed E-state index contributed by atoms with van der Waals surface area (Å²) >= 11 is 0. The Morgan fingerprint density at radius 2 is 1.30 bits per heavy atom. The maximum Gasteiger partial charge on any atom is 0.339 e. The molecule has 1 aromatic rings. The molecule has 1 rings (SSSR count). The highest BCUT2D eigenvalue weighted by atomic mass is 16.4. The van der Waals surface area contributed by atoms with Gasteiger partial charge in [-0.3, -0.25) is 4.79 Å². The molecule has 1 unspecified atom stereocenters. The van der Waals surface area contributed by atoms with Gasteiger partial charge in [0.05, 0.1) is 6.42 Å². The van der Waals surface area contributed by atoms with Crippen molar-refractivity contribution < 1.29 is 59.7 Å². The first kappa shape index (κ1) is 25.3. The van der Waals surface area contributed by atoms with E-state index in [2.05, 4.69) is 0 Å². The van der Waals surface area contributed by atoms with Crippen LogP contribution in [0, 0.1) is 0 Å². The summed E-state index contributed by atoms with van der Waals surface area (Å²) < 4.78 is 0. The number of hydrogen-bond donors (Lipinski definition) is 7. The number of hydrogen-bond acceptors (Lipinski definition) is 7. The van der Waals surface area contributed by atoms with E-state index in [1.165, 1.54) is 12.1 Å². The molecule has 7 N–H and O–H groups in total. The van der Waals surface area contributed by atoms with Gasteiger partial charge in [-0.05, 0) is 12.1 Å². The minimum atomic E-state index is -1.79. The summed E-state index contributed by atoms with van der Waals surface area (Å²) in [4.78, 5) is 48.8. The van der Waals surface area contributed by atoms with E-state index in [1.54, 1.807) is 12.1 Å². The zero-order valence-corrected chi connectivity index (χ0v) is 13.4. The van der Waals surface area contributed by atoms with Crippen LogP contribution < -0.4 is 0 Å². The number of carboxylic acids is 5. The van der Waals surface area contributed by atoms with Crippen LogP contribution in [0.25, 0.3) is 0 Å². The molecule has 0 saturated carbocycles. The Kier molecular flexibility index (Phi) is 12.5. The average molecular weight is 388 g/mol. The number of phenols is 1. The van der Waals surface area contributed by atoms with Gasteiger partial charge in [-0.25, -0.2) is 19.2 Å². The lowest BCUT2D eigenvalue weighted by Crippen LogP contribution is -2.22. The second-order valence-electron chi connectivity index (χ2n) is 4.28. The Hall–Kier alpha value is -3.93. The van der Waals surface area contributed by atoms with E-state index >= 15 is 0 Å². The van der Waals surface area contributed by atoms with Crippen molar-refractivity contribution in [1.29, 1.82) is 0 Å². The van der Waals surface area contributed by atoms with Crippen LogP contribution in [-0.2, 0) is 19.2 Å². The van der Waals surface area contributed by atoms with Gasteiger partial charge in [0.25, 0.3) is 0 Å². The van der Waals surface area contributed by atoms with Crippen molar-refractivity contribution in [2.24, 2.45) is 0 Å². The van der Waals surface area contributed by atoms with Gasteiger partial charge in [0.1, 0.15) is 11.3 Å². The van der Waals surface area contributed by atoms with Crippen LogP contribution in [0.3, 0.4) is 0 Å². The van der Waals surface area contributed by atoms with Crippen LogP contribution in [0.5, 0.6) is 5.75 Å². The zero-order chi connectivity index (χ0) is 21.6. The van der Waals surface area contributed by atoms with Gasteiger partial charge >= 0.3 is 29.8 Å². The van der Waals surface area contributed by atoms with Gasteiger partial charge in [0.15, 0.2) is 6.10 Å². The highest BCUT2D eigenvalue weighted by molar-refractivity contribution is 5.90. The molecule has 0 aliphatic rings. The number of aromatic hydroxyl groups is 1. The molecule has 0 amide bonds. The molecule has 0 bridgehead atoms. The maximum absolute atomic E-state index is 10.3. The SMILES string of the molecule is O=C(O)C=CC(=O)O.O=C(O)CC(O)C(=O)O.O=C(O)c1ccccc1O. The van der Waals surface area contributed by atoms with Crippen LogP contribution >= 0.6 is 0 Å². The zero-order valence-electron chi connectivity index (χ0n) is 13.4. The number of carboxylic acid groups (broad SMARTS) is 5. The van der Waals surface area contributed by atoms with E-state index in [0.29, 0.717) is 12.2 Å². The van der Waals surface area contributed by atoms with E-state index in [9.17, 15) is 24.0 Å². The Bertz CT molecular complexity index is 691. The Labute approximate surface area is 150 Å². The molecule has 0 radical (unpaired) electrons. The lowest BCUT2D eigenvalue weighted by molar-refractivity contribution is -0.152. The molecule has 0 fully saturated rings. The first-order valence-corrected chi connectivity index (χ1v) is 6.66. The summed E-state index contributed by atoms with van der Waals surface area (Å²) in [7, 11) is 0. The third-order valence-electron chi connectivity index (χ3n) is 2.16. The minimum absolute atomic E-state index is 0.0671. The monoisotopic (exact) mass is 388 g/mol. The van der Waals surface area contributed by atoms with Gasteiger partial charge in [0, 0.05) is 12.2 Å². The molecular formula is C15H16O12. The topological polar surface area (TPSA) is 227 Å². The van der Waals surface area contributed by atoms with Crippen molar-refractivity contribution >= 4 is 29.8 Å². The lowest BCUT2D eigenvalue weighted by atomic mass is 10.2. The summed E-state index contributed by atoms with van der Waals surface area (Å²) in [5.74, 6) is -6.67. The highest BCUT2D eigenvalue weighted by Crippen LogP contribution is 2.14. The van der Waals surface area contributed by atoms with Crippen molar-refractivity contribution in [3.63, 3.8) is 0 Å². The maximum atomic E-state index is 10.3. The predicted molar refractivity (Wildman–Crippen MR) is 85.4 cm³/mol. The smallest absolute Gasteiger partial charge is 0.339 e. The summed E-state index contributed by atoms with van der Waals surface area (Å²) in [5.41, 5.74) is -0.0671. The number of rotatable bonds is 6. The van der Waals surface area contributed by atoms with E-state index in [0.717, 1.165) is 0 Å². The number of aliphatic hydroxyl groups is 1. The normalized spacial score (nSPS) is 10.4. The van der Waals surface area contributed by atoms with Crippen LogP contribution in [0.2, 0.25) is 0 Å². The Morgan fingerprint density at radius 1 is 0.852 bits per heavy atom. The van der Waals surface area contributed by atoms with Gasteiger partial charge < -0.3 is 35.7 Å². The first-order valence-electron chi connectivity index (χ1n) is 6.66. The van der Waals surface area contributed by atoms with Gasteiger partial charge in [-0.1, -0.05) is 12.1 Å². The number of carbonyl (C=O) groups is 5. The van der Waals surface area contributed by atoms with E-state index in [4.69, 9.17) is 35.7 Å². The molecule has 0 heterocycles. The van der Waals surface area contributed by atoms with Crippen molar-refractivity contribution in [3.8, 4) is 5.75 Å². The van der Waals surface area contributed by atoms with Crippen molar-refractivity contribution in [2.45, 2.75) is 12.5 Å². The molecule has 27 heavy (non-hydrogen) atoms. The third kappa shape index (κ3) is 15.3. The third-order valence-corrected chi connectivity index (χ3v) is 2.16. The first-order chi connectivity index (χ1) is 12.4. The molecule has 0 aliphatic carbocycles. The van der Waals surface area contributed by atoms with Crippen LogP contribution in [-0.4, -0.2) is 71.7 Å². The quantitative estimate of drug-likeness (QED) is 0.312. The molecule has 0 aromatic heterocycles. The fraction of sp³-hybridized carbons (Fsp3) is 0.133. The number of benzene rings is 1. The Balaban J connectivity index is 0. The van der Waals surface area contributed by atoms with E-state index in [1.807, 2.05) is 0 Å². The van der Waals surface area contributed by atoms with Gasteiger partial charge in [-0.2, -0.15) is 0 Å². The Morgan fingerprint density at radius 3 is 1.52 bits per heavy atom. The fourth-order valence-corrected chi connectivity index (χ4v) is 1.05. The fourth-order valence-electron chi connectivity index (χ4n) is 1.05. The summed E-state index contributed by atoms with van der Waals surface area (Å²) in [6.07, 6.45) is -1.43. The molecular weight excluding hydrogens is 372 g/mol. The summed E-state index contributed by atoms with van der Waals surface area (Å²) in [5, 5.41) is 57.1. The number of aromatic carboxylic acids is 1. The average Bonchev–Trinajstić information content (AvgIpc) is 2.53. The number of para-hydroxylation sites is 1. The number of aliphatic carboxylic acids is 4. The van der Waals surface area contributed by atoms with Crippen molar-refractivity contribution in [3.05, 3.63) is 42.0 Å².